The van der Waals surface area contributed by atoms with Crippen LogP contribution in [0.4, 0.5) is 4.79 Å². The Morgan fingerprint density at radius 2 is 2.00 bits per heavy atom. The minimum atomic E-state index is -0.409. The fourth-order valence-corrected chi connectivity index (χ4v) is 4.67. The minimum absolute atomic E-state index is 0.265. The molecule has 0 aromatic rings. The molecule has 1 unspecified atom stereocenters. The Bertz CT molecular complexity index is 313. The van der Waals surface area contributed by atoms with Gasteiger partial charge in [0, 0.05) is 10.9 Å². The van der Waals surface area contributed by atoms with E-state index in [1.54, 1.807) is 0 Å². The SMILES string of the molecule is CC(C)(C)OC(=O)NC1CCCC2(CC(Br)C2)C1. The molecule has 2 fully saturated rings. The zero-order valence-corrected chi connectivity index (χ0v) is 13.2. The molecule has 2 saturated carbocycles. The van der Waals surface area contributed by atoms with E-state index >= 15 is 0 Å². The van der Waals surface area contributed by atoms with Crippen molar-refractivity contribution in [2.24, 2.45) is 5.41 Å². The molecule has 0 radical (unpaired) electrons. The van der Waals surface area contributed by atoms with Crippen LogP contribution in [0.15, 0.2) is 0 Å². The van der Waals surface area contributed by atoms with Crippen molar-refractivity contribution in [3.05, 3.63) is 0 Å². The molecule has 18 heavy (non-hydrogen) atoms. The van der Waals surface area contributed by atoms with Crippen LogP contribution in [0.1, 0.15) is 59.3 Å². The first-order valence-corrected chi connectivity index (χ1v) is 7.83. The average Bonchev–Trinajstić information content (AvgIpc) is 2.12. The van der Waals surface area contributed by atoms with Crippen molar-refractivity contribution in [1.29, 1.82) is 0 Å². The molecule has 104 valence electrons. The average molecular weight is 318 g/mol. The summed E-state index contributed by atoms with van der Waals surface area (Å²) in [6.45, 7) is 5.70. The standard InChI is InChI=1S/C14H24BrNO2/c1-13(2,3)18-12(17)16-11-5-4-6-14(9-11)7-10(15)8-14/h10-11H,4-9H2,1-3H3,(H,16,17). The summed E-state index contributed by atoms with van der Waals surface area (Å²) < 4.78 is 5.32. The second-order valence-corrected chi connectivity index (χ2v) is 8.24. The lowest BCUT2D eigenvalue weighted by molar-refractivity contribution is 0.0363. The number of hydrogen-bond acceptors (Lipinski definition) is 2. The predicted molar refractivity (Wildman–Crippen MR) is 76.0 cm³/mol. The number of amides is 1. The smallest absolute Gasteiger partial charge is 0.407 e. The van der Waals surface area contributed by atoms with Crippen molar-refractivity contribution < 1.29 is 9.53 Å². The van der Waals surface area contributed by atoms with E-state index in [1.807, 2.05) is 20.8 Å². The first kappa shape index (κ1) is 14.2. The maximum absolute atomic E-state index is 11.8. The Labute approximate surface area is 118 Å². The molecule has 0 saturated heterocycles. The van der Waals surface area contributed by atoms with Crippen molar-refractivity contribution in [2.45, 2.75) is 75.8 Å². The zero-order valence-electron chi connectivity index (χ0n) is 11.6. The van der Waals surface area contributed by atoms with E-state index in [2.05, 4.69) is 21.2 Å². The quantitative estimate of drug-likeness (QED) is 0.742. The molecule has 2 aliphatic rings. The number of carbonyl (C=O) groups excluding carboxylic acids is 1. The van der Waals surface area contributed by atoms with Crippen LogP contribution in [-0.2, 0) is 4.74 Å². The summed E-state index contributed by atoms with van der Waals surface area (Å²) in [5, 5.41) is 3.04. The van der Waals surface area contributed by atoms with Crippen molar-refractivity contribution in [3.63, 3.8) is 0 Å². The molecule has 3 nitrogen and oxygen atoms in total. The first-order valence-electron chi connectivity index (χ1n) is 6.92. The minimum Gasteiger partial charge on any atom is -0.444 e. The van der Waals surface area contributed by atoms with Gasteiger partial charge in [-0.3, -0.25) is 0 Å². The van der Waals surface area contributed by atoms with E-state index < -0.39 is 5.60 Å². The molecule has 2 aliphatic carbocycles. The van der Waals surface area contributed by atoms with Crippen LogP contribution in [-0.4, -0.2) is 22.6 Å². The van der Waals surface area contributed by atoms with Crippen LogP contribution in [0, 0.1) is 5.41 Å². The van der Waals surface area contributed by atoms with Gasteiger partial charge in [-0.05, 0) is 58.3 Å². The van der Waals surface area contributed by atoms with Gasteiger partial charge in [0.2, 0.25) is 0 Å². The Hall–Kier alpha value is -0.250. The number of ether oxygens (including phenoxy) is 1. The maximum atomic E-state index is 11.8. The highest BCUT2D eigenvalue weighted by Crippen LogP contribution is 2.54. The third-order valence-electron chi connectivity index (χ3n) is 3.97. The summed E-state index contributed by atoms with van der Waals surface area (Å²) in [4.78, 5) is 12.5. The summed E-state index contributed by atoms with van der Waals surface area (Å²) in [5.74, 6) is 0. The van der Waals surface area contributed by atoms with Gasteiger partial charge in [-0.1, -0.05) is 22.4 Å². The number of rotatable bonds is 1. The fraction of sp³-hybridized carbons (Fsp3) is 0.929. The highest BCUT2D eigenvalue weighted by molar-refractivity contribution is 9.09. The van der Waals surface area contributed by atoms with Gasteiger partial charge < -0.3 is 10.1 Å². The van der Waals surface area contributed by atoms with Crippen LogP contribution < -0.4 is 5.32 Å². The van der Waals surface area contributed by atoms with Crippen LogP contribution >= 0.6 is 15.9 Å². The van der Waals surface area contributed by atoms with E-state index in [4.69, 9.17) is 4.74 Å². The molecule has 0 bridgehead atoms. The highest BCUT2D eigenvalue weighted by Gasteiger charge is 2.46. The third-order valence-corrected chi connectivity index (χ3v) is 4.62. The summed E-state index contributed by atoms with van der Waals surface area (Å²) in [6.07, 6.45) is 7.02. The summed E-state index contributed by atoms with van der Waals surface area (Å²) in [7, 11) is 0. The topological polar surface area (TPSA) is 38.3 Å². The van der Waals surface area contributed by atoms with Gasteiger partial charge in [0.15, 0.2) is 0 Å². The lowest BCUT2D eigenvalue weighted by Gasteiger charge is -2.50. The highest BCUT2D eigenvalue weighted by atomic mass is 79.9. The van der Waals surface area contributed by atoms with E-state index in [1.165, 1.54) is 25.7 Å². The number of carbonyl (C=O) groups is 1. The molecule has 1 spiro atoms. The number of alkyl halides is 1. The lowest BCUT2D eigenvalue weighted by atomic mass is 9.60. The second-order valence-electron chi connectivity index (χ2n) is 6.95. The molecule has 0 aliphatic heterocycles. The lowest BCUT2D eigenvalue weighted by Crippen LogP contribution is -2.49. The van der Waals surface area contributed by atoms with Gasteiger partial charge in [-0.15, -0.1) is 0 Å². The summed E-state index contributed by atoms with van der Waals surface area (Å²) >= 11 is 3.67. The maximum Gasteiger partial charge on any atom is 0.407 e. The van der Waals surface area contributed by atoms with Gasteiger partial charge in [0.05, 0.1) is 0 Å². The fourth-order valence-electron chi connectivity index (χ4n) is 3.30. The number of nitrogens with one attached hydrogen (secondary N) is 1. The van der Waals surface area contributed by atoms with Crippen LogP contribution in [0.5, 0.6) is 0 Å². The largest absolute Gasteiger partial charge is 0.444 e. The molecular formula is C14H24BrNO2. The number of alkyl carbamates (subject to hydrolysis) is 1. The number of halogens is 1. The molecule has 1 amide bonds. The summed E-state index contributed by atoms with van der Waals surface area (Å²) in [5.41, 5.74) is 0.0833. The van der Waals surface area contributed by atoms with Gasteiger partial charge in [-0.25, -0.2) is 4.79 Å². The van der Waals surface area contributed by atoms with E-state index in [9.17, 15) is 4.79 Å². The molecule has 0 heterocycles. The number of hydrogen-bond donors (Lipinski definition) is 1. The van der Waals surface area contributed by atoms with E-state index in [0.717, 1.165) is 12.8 Å². The Balaban J connectivity index is 1.81. The van der Waals surface area contributed by atoms with Crippen LogP contribution in [0.3, 0.4) is 0 Å². The Kier molecular flexibility index (Phi) is 3.96. The molecule has 1 atom stereocenters. The van der Waals surface area contributed by atoms with Gasteiger partial charge in [0.1, 0.15) is 5.60 Å². The Morgan fingerprint density at radius 1 is 1.33 bits per heavy atom. The summed E-state index contributed by atoms with van der Waals surface area (Å²) in [6, 6.07) is 0.300. The van der Waals surface area contributed by atoms with Crippen molar-refractivity contribution >= 4 is 22.0 Å². The molecule has 0 aromatic heterocycles. The van der Waals surface area contributed by atoms with Crippen LogP contribution in [0.25, 0.3) is 0 Å². The Morgan fingerprint density at radius 3 is 2.56 bits per heavy atom. The molecular weight excluding hydrogens is 294 g/mol. The van der Waals surface area contributed by atoms with Crippen molar-refractivity contribution in [2.75, 3.05) is 0 Å². The van der Waals surface area contributed by atoms with Gasteiger partial charge >= 0.3 is 6.09 Å². The second kappa shape index (κ2) is 5.03. The first-order chi connectivity index (χ1) is 8.28. The molecule has 1 N–H and O–H groups in total. The normalized spacial score (nSPS) is 36.0. The van der Waals surface area contributed by atoms with E-state index in [0.29, 0.717) is 16.3 Å². The molecule has 2 rings (SSSR count). The van der Waals surface area contributed by atoms with Gasteiger partial charge in [0.25, 0.3) is 0 Å². The van der Waals surface area contributed by atoms with E-state index in [-0.39, 0.29) is 6.09 Å². The van der Waals surface area contributed by atoms with Gasteiger partial charge in [-0.2, -0.15) is 0 Å². The molecule has 0 aromatic carbocycles. The predicted octanol–water partition coefficient (Wildman–Crippen LogP) is 4.00. The third kappa shape index (κ3) is 3.62. The zero-order chi connectivity index (χ0) is 13.4. The molecule has 4 heteroatoms. The van der Waals surface area contributed by atoms with Crippen LogP contribution in [0.2, 0.25) is 0 Å². The van der Waals surface area contributed by atoms with Crippen molar-refractivity contribution in [1.82, 2.24) is 5.32 Å². The monoisotopic (exact) mass is 317 g/mol. The van der Waals surface area contributed by atoms with Crippen molar-refractivity contribution in [3.8, 4) is 0 Å².